The van der Waals surface area contributed by atoms with Crippen LogP contribution in [-0.4, -0.2) is 5.71 Å². The Balaban J connectivity index is 2.12. The molecule has 3 nitrogen and oxygen atoms in total. The second-order valence-electron chi connectivity index (χ2n) is 4.26. The van der Waals surface area contributed by atoms with Crippen LogP contribution >= 0.6 is 11.6 Å². The van der Waals surface area contributed by atoms with Crippen molar-refractivity contribution < 1.29 is 0 Å². The lowest BCUT2D eigenvalue weighted by molar-refractivity contribution is 0.992. The first-order valence-electron chi connectivity index (χ1n) is 6.01. The van der Waals surface area contributed by atoms with Gasteiger partial charge < -0.3 is 5.73 Å². The second-order valence-corrected chi connectivity index (χ2v) is 4.67. The van der Waals surface area contributed by atoms with Crippen LogP contribution in [0.1, 0.15) is 12.5 Å². The molecule has 0 radical (unpaired) electrons. The van der Waals surface area contributed by atoms with E-state index in [9.17, 15) is 0 Å². The predicted octanol–water partition coefficient (Wildman–Crippen LogP) is 3.58. The van der Waals surface area contributed by atoms with Crippen molar-refractivity contribution in [2.45, 2.75) is 6.92 Å². The summed E-state index contributed by atoms with van der Waals surface area (Å²) in [6, 6.07) is 7.45. The average Bonchev–Trinajstić information content (AvgIpc) is 2.45. The summed E-state index contributed by atoms with van der Waals surface area (Å²) in [6.07, 6.45) is 3.59. The van der Waals surface area contributed by atoms with Crippen LogP contribution in [-0.2, 0) is 0 Å². The van der Waals surface area contributed by atoms with Gasteiger partial charge in [0.1, 0.15) is 0 Å². The quantitative estimate of drug-likeness (QED) is 0.384. The van der Waals surface area contributed by atoms with E-state index in [0.717, 1.165) is 16.8 Å². The summed E-state index contributed by atoms with van der Waals surface area (Å²) >= 11 is 5.77. The fourth-order valence-corrected chi connectivity index (χ4v) is 1.69. The van der Waals surface area contributed by atoms with Crippen LogP contribution in [0.25, 0.3) is 5.70 Å². The van der Waals surface area contributed by atoms with Crippen LogP contribution in [0, 0.1) is 0 Å². The molecule has 0 amide bonds. The maximum atomic E-state index is 5.77. The highest BCUT2D eigenvalue weighted by Crippen LogP contribution is 2.14. The molecule has 2 rings (SSSR count). The molecule has 0 saturated heterocycles. The van der Waals surface area contributed by atoms with Crippen LogP contribution in [0.3, 0.4) is 0 Å². The molecule has 0 unspecified atom stereocenters. The van der Waals surface area contributed by atoms with Crippen molar-refractivity contribution in [2.75, 3.05) is 5.73 Å². The van der Waals surface area contributed by atoms with Crippen LogP contribution in [0.5, 0.6) is 0 Å². The summed E-state index contributed by atoms with van der Waals surface area (Å²) in [6.45, 7) is 5.80. The monoisotopic (exact) mass is 283 g/mol. The van der Waals surface area contributed by atoms with Crippen LogP contribution in [0.4, 0.5) is 5.69 Å². The summed E-state index contributed by atoms with van der Waals surface area (Å²) < 4.78 is 0. The Morgan fingerprint density at radius 2 is 2.15 bits per heavy atom. The van der Waals surface area contributed by atoms with E-state index in [1.54, 1.807) is 6.08 Å². The van der Waals surface area contributed by atoms with Crippen molar-refractivity contribution in [1.29, 1.82) is 0 Å². The summed E-state index contributed by atoms with van der Waals surface area (Å²) in [4.78, 5) is 0. The first kappa shape index (κ1) is 14.0. The lowest BCUT2D eigenvalue weighted by Gasteiger charge is -2.07. The summed E-state index contributed by atoms with van der Waals surface area (Å²) in [7, 11) is 0. The number of nitrogens with zero attached hydrogens (tertiary/aromatic N) is 1. The maximum absolute atomic E-state index is 5.77. The highest BCUT2D eigenvalue weighted by Gasteiger charge is 2.02. The molecule has 0 aliphatic heterocycles. The molecule has 100 valence electrons. The molecule has 1 aliphatic carbocycles. The van der Waals surface area contributed by atoms with Gasteiger partial charge in [-0.15, -0.1) is 0 Å². The molecule has 0 bridgehead atoms. The van der Waals surface area contributed by atoms with E-state index in [4.69, 9.17) is 17.3 Å². The molecule has 20 heavy (non-hydrogen) atoms. The fraction of sp³-hybridized carbons (Fsp3) is 0.0625. The molecule has 1 aromatic carbocycles. The van der Waals surface area contributed by atoms with Crippen LogP contribution in [0.15, 0.2) is 70.2 Å². The van der Waals surface area contributed by atoms with Crippen molar-refractivity contribution in [3.63, 3.8) is 0 Å². The van der Waals surface area contributed by atoms with E-state index in [0.29, 0.717) is 16.4 Å². The standard InChI is InChI=1S/C16H14ClN3/c1-11(13-6-8-15(17)9-7-13)19-20-12(2)14-4-3-5-16(18)10-14/h3-6,8,10,20H,2,18H2,1H3/b19-11+. The van der Waals surface area contributed by atoms with E-state index in [2.05, 4.69) is 28.6 Å². The minimum Gasteiger partial charge on any atom is -0.399 e. The summed E-state index contributed by atoms with van der Waals surface area (Å²) in [5.74, 6) is 0. The number of nitrogens with one attached hydrogen (secondary N) is 1. The SMILES string of the molecule is C=C(N/N=C(\C)C1=C=C=C(Cl)C=C1)c1cccc(N)c1. The molecule has 0 spiro atoms. The van der Waals surface area contributed by atoms with Crippen LogP contribution in [0.2, 0.25) is 0 Å². The van der Waals surface area contributed by atoms with Crippen molar-refractivity contribution in [3.8, 4) is 0 Å². The Labute approximate surface area is 123 Å². The van der Waals surface area contributed by atoms with Crippen molar-refractivity contribution in [1.82, 2.24) is 5.43 Å². The Morgan fingerprint density at radius 3 is 2.80 bits per heavy atom. The number of nitrogen functional groups attached to an aromatic ring is 1. The van der Waals surface area contributed by atoms with Gasteiger partial charge in [-0.3, -0.25) is 5.43 Å². The average molecular weight is 284 g/mol. The Morgan fingerprint density at radius 1 is 1.35 bits per heavy atom. The molecule has 0 aromatic heterocycles. The first-order valence-corrected chi connectivity index (χ1v) is 6.39. The maximum Gasteiger partial charge on any atom is 0.0908 e. The molecule has 0 heterocycles. The predicted molar refractivity (Wildman–Crippen MR) is 85.2 cm³/mol. The van der Waals surface area contributed by atoms with Crippen molar-refractivity contribution in [3.05, 3.63) is 70.6 Å². The van der Waals surface area contributed by atoms with Gasteiger partial charge in [0.25, 0.3) is 0 Å². The van der Waals surface area contributed by atoms with Crippen LogP contribution < -0.4 is 11.2 Å². The molecule has 1 aromatic rings. The third kappa shape index (κ3) is 3.53. The number of nitrogens with two attached hydrogens (primary N) is 1. The zero-order valence-electron chi connectivity index (χ0n) is 11.1. The minimum atomic E-state index is 0.527. The van der Waals surface area contributed by atoms with Crippen molar-refractivity contribution in [2.24, 2.45) is 5.10 Å². The van der Waals surface area contributed by atoms with Gasteiger partial charge in [0, 0.05) is 16.8 Å². The van der Waals surface area contributed by atoms with E-state index < -0.39 is 0 Å². The number of benzene rings is 1. The molecule has 1 aliphatic rings. The lowest BCUT2D eigenvalue weighted by Crippen LogP contribution is -2.08. The summed E-state index contributed by atoms with van der Waals surface area (Å²) in [5.41, 5.74) is 18.2. The lowest BCUT2D eigenvalue weighted by atomic mass is 10.1. The molecular weight excluding hydrogens is 270 g/mol. The van der Waals surface area contributed by atoms with Gasteiger partial charge in [0.05, 0.1) is 16.4 Å². The topological polar surface area (TPSA) is 50.4 Å². The van der Waals surface area contributed by atoms with Gasteiger partial charge in [-0.2, -0.15) is 5.10 Å². The Bertz CT molecular complexity index is 713. The normalized spacial score (nSPS) is 13.8. The second kappa shape index (κ2) is 6.14. The van der Waals surface area contributed by atoms with E-state index in [1.165, 1.54) is 0 Å². The number of hydrogen-bond acceptors (Lipinski definition) is 3. The van der Waals surface area contributed by atoms with Gasteiger partial charge in [0.2, 0.25) is 0 Å². The zero-order chi connectivity index (χ0) is 14.5. The smallest absolute Gasteiger partial charge is 0.0908 e. The number of allylic oxidation sites excluding steroid dienone is 4. The Hall–Kier alpha value is -2.44. The molecule has 0 atom stereocenters. The molecule has 0 saturated carbocycles. The minimum absolute atomic E-state index is 0.527. The third-order valence-electron chi connectivity index (χ3n) is 2.70. The van der Waals surface area contributed by atoms with Gasteiger partial charge in [-0.05, 0) is 36.9 Å². The molecule has 0 fully saturated rings. The van der Waals surface area contributed by atoms with Crippen molar-refractivity contribution >= 4 is 28.7 Å². The highest BCUT2D eigenvalue weighted by atomic mass is 35.5. The van der Waals surface area contributed by atoms with Gasteiger partial charge in [-0.1, -0.05) is 36.0 Å². The molecule has 3 N–H and O–H groups in total. The molecule has 4 heteroatoms. The Kier molecular flexibility index (Phi) is 4.29. The zero-order valence-corrected chi connectivity index (χ0v) is 11.8. The number of rotatable bonds is 4. The third-order valence-corrected chi connectivity index (χ3v) is 2.92. The van der Waals surface area contributed by atoms with Gasteiger partial charge >= 0.3 is 0 Å². The van der Waals surface area contributed by atoms with E-state index >= 15 is 0 Å². The van der Waals surface area contributed by atoms with Gasteiger partial charge in [-0.25, -0.2) is 0 Å². The number of anilines is 1. The summed E-state index contributed by atoms with van der Waals surface area (Å²) in [5, 5.41) is 4.79. The highest BCUT2D eigenvalue weighted by molar-refractivity contribution is 6.31. The molecular formula is C16H14ClN3. The number of hydrazone groups is 1. The first-order chi connectivity index (χ1) is 9.56. The van der Waals surface area contributed by atoms with Gasteiger partial charge in [0.15, 0.2) is 0 Å². The number of hydrogen-bond donors (Lipinski definition) is 2. The largest absolute Gasteiger partial charge is 0.399 e. The van der Waals surface area contributed by atoms with E-state index in [1.807, 2.05) is 37.3 Å². The fourth-order valence-electron chi connectivity index (χ4n) is 1.58. The van der Waals surface area contributed by atoms with E-state index in [-0.39, 0.29) is 0 Å². The number of halogens is 1.